The molecule has 2 aromatic carbocycles. The fourth-order valence-corrected chi connectivity index (χ4v) is 1.86. The molecular formula is C14H8F2N2O2. The molecule has 0 spiro atoms. The zero-order valence-electron chi connectivity index (χ0n) is 10.1. The second-order valence-corrected chi connectivity index (χ2v) is 4.16. The number of nitrogens with zero attached hydrogens (tertiary/aromatic N) is 1. The standard InChI is InChI=1S/C14H8F2N2O2/c15-9-4-10(16)6-11(5-9)20-14-12-3-8(7-19)1-2-13(12)17-18-14/h1-7H,(H,17,18). The lowest BCUT2D eigenvalue weighted by Gasteiger charge is -2.03. The molecule has 0 aliphatic carbocycles. The number of carbonyl (C=O) groups excluding carboxylic acids is 1. The first-order valence-corrected chi connectivity index (χ1v) is 5.73. The van der Waals surface area contributed by atoms with E-state index in [4.69, 9.17) is 4.74 Å². The van der Waals surface area contributed by atoms with Crippen LogP contribution in [0.4, 0.5) is 8.78 Å². The quantitative estimate of drug-likeness (QED) is 0.744. The number of H-pyrrole nitrogens is 1. The Kier molecular flexibility index (Phi) is 2.90. The second-order valence-electron chi connectivity index (χ2n) is 4.16. The van der Waals surface area contributed by atoms with Gasteiger partial charge in [-0.15, -0.1) is 5.10 Å². The van der Waals surface area contributed by atoms with Crippen LogP contribution in [-0.4, -0.2) is 16.5 Å². The Morgan fingerprint density at radius 3 is 2.55 bits per heavy atom. The van der Waals surface area contributed by atoms with Gasteiger partial charge >= 0.3 is 0 Å². The van der Waals surface area contributed by atoms with Crippen LogP contribution in [0.3, 0.4) is 0 Å². The van der Waals surface area contributed by atoms with E-state index in [1.165, 1.54) is 0 Å². The molecule has 0 aliphatic rings. The van der Waals surface area contributed by atoms with E-state index in [0.717, 1.165) is 18.2 Å². The third-order valence-corrected chi connectivity index (χ3v) is 2.74. The average Bonchev–Trinajstić information content (AvgIpc) is 2.80. The summed E-state index contributed by atoms with van der Waals surface area (Å²) in [6.07, 6.45) is 0.693. The Hall–Kier alpha value is -2.76. The van der Waals surface area contributed by atoms with Gasteiger partial charge in [-0.3, -0.25) is 9.89 Å². The number of carbonyl (C=O) groups is 1. The number of nitrogens with one attached hydrogen (secondary N) is 1. The molecular weight excluding hydrogens is 266 g/mol. The van der Waals surface area contributed by atoms with Crippen molar-refractivity contribution in [3.63, 3.8) is 0 Å². The van der Waals surface area contributed by atoms with Gasteiger partial charge in [0.15, 0.2) is 0 Å². The summed E-state index contributed by atoms with van der Waals surface area (Å²) in [6, 6.07) is 7.72. The zero-order valence-corrected chi connectivity index (χ0v) is 10.1. The maximum atomic E-state index is 13.1. The number of rotatable bonds is 3. The first-order chi connectivity index (χ1) is 9.65. The van der Waals surface area contributed by atoms with Crippen molar-refractivity contribution < 1.29 is 18.3 Å². The van der Waals surface area contributed by atoms with Crippen molar-refractivity contribution in [2.24, 2.45) is 0 Å². The third kappa shape index (κ3) is 2.23. The number of hydrogen-bond donors (Lipinski definition) is 1. The van der Waals surface area contributed by atoms with E-state index in [-0.39, 0.29) is 11.6 Å². The lowest BCUT2D eigenvalue weighted by atomic mass is 10.2. The minimum atomic E-state index is -0.742. The first-order valence-electron chi connectivity index (χ1n) is 5.73. The molecule has 4 nitrogen and oxygen atoms in total. The van der Waals surface area contributed by atoms with Crippen molar-refractivity contribution in [3.05, 3.63) is 53.6 Å². The van der Waals surface area contributed by atoms with Crippen LogP contribution in [-0.2, 0) is 0 Å². The van der Waals surface area contributed by atoms with Gasteiger partial charge in [0.1, 0.15) is 23.7 Å². The highest BCUT2D eigenvalue weighted by molar-refractivity contribution is 5.90. The average molecular weight is 274 g/mol. The normalized spacial score (nSPS) is 10.7. The van der Waals surface area contributed by atoms with E-state index in [1.807, 2.05) is 0 Å². The number of ether oxygens (including phenoxy) is 1. The Labute approximate surface area is 112 Å². The number of fused-ring (bicyclic) bond motifs is 1. The fraction of sp³-hybridized carbons (Fsp3) is 0. The van der Waals surface area contributed by atoms with E-state index < -0.39 is 11.6 Å². The van der Waals surface area contributed by atoms with Crippen molar-refractivity contribution in [2.75, 3.05) is 0 Å². The Bertz CT molecular complexity index is 779. The molecule has 0 bridgehead atoms. The SMILES string of the molecule is O=Cc1ccc2[nH]nc(Oc3cc(F)cc(F)c3)c2c1. The van der Waals surface area contributed by atoms with Crippen LogP contribution < -0.4 is 4.74 Å². The molecule has 3 aromatic rings. The van der Waals surface area contributed by atoms with Crippen LogP contribution in [0.15, 0.2) is 36.4 Å². The molecule has 0 saturated heterocycles. The maximum absolute atomic E-state index is 13.1. The van der Waals surface area contributed by atoms with Crippen LogP contribution in [0.25, 0.3) is 10.9 Å². The van der Waals surface area contributed by atoms with E-state index in [2.05, 4.69) is 10.2 Å². The van der Waals surface area contributed by atoms with E-state index in [1.54, 1.807) is 18.2 Å². The molecule has 0 fully saturated rings. The van der Waals surface area contributed by atoms with Gasteiger partial charge in [-0.2, -0.15) is 0 Å². The Balaban J connectivity index is 2.03. The van der Waals surface area contributed by atoms with Crippen LogP contribution in [0.1, 0.15) is 10.4 Å². The molecule has 0 unspecified atom stereocenters. The lowest BCUT2D eigenvalue weighted by Crippen LogP contribution is -1.88. The van der Waals surface area contributed by atoms with Crippen molar-refractivity contribution in [3.8, 4) is 11.6 Å². The summed E-state index contributed by atoms with van der Waals surface area (Å²) in [5.74, 6) is -1.34. The highest BCUT2D eigenvalue weighted by Crippen LogP contribution is 2.28. The molecule has 1 N–H and O–H groups in total. The Morgan fingerprint density at radius 1 is 1.10 bits per heavy atom. The summed E-state index contributed by atoms with van der Waals surface area (Å²) < 4.78 is 31.5. The van der Waals surface area contributed by atoms with Crippen LogP contribution in [0.2, 0.25) is 0 Å². The molecule has 20 heavy (non-hydrogen) atoms. The Morgan fingerprint density at radius 2 is 1.85 bits per heavy atom. The summed E-state index contributed by atoms with van der Waals surface area (Å²) in [4.78, 5) is 10.8. The molecule has 3 rings (SSSR count). The van der Waals surface area contributed by atoms with Gasteiger partial charge in [-0.1, -0.05) is 0 Å². The monoisotopic (exact) mass is 274 g/mol. The molecule has 100 valence electrons. The van der Waals surface area contributed by atoms with Crippen LogP contribution in [0.5, 0.6) is 11.6 Å². The molecule has 0 atom stereocenters. The third-order valence-electron chi connectivity index (χ3n) is 2.74. The van der Waals surface area contributed by atoms with Gasteiger partial charge in [0.2, 0.25) is 5.88 Å². The van der Waals surface area contributed by atoms with Crippen molar-refractivity contribution in [2.45, 2.75) is 0 Å². The number of benzene rings is 2. The molecule has 0 radical (unpaired) electrons. The predicted octanol–water partition coefficient (Wildman–Crippen LogP) is 3.45. The van der Waals surface area contributed by atoms with Crippen molar-refractivity contribution in [1.82, 2.24) is 10.2 Å². The zero-order chi connectivity index (χ0) is 14.1. The molecule has 0 aliphatic heterocycles. The summed E-state index contributed by atoms with van der Waals surface area (Å²) in [7, 11) is 0. The van der Waals surface area contributed by atoms with Crippen molar-refractivity contribution >= 4 is 17.2 Å². The lowest BCUT2D eigenvalue weighted by molar-refractivity contribution is 0.112. The second kappa shape index (κ2) is 4.73. The molecule has 1 aromatic heterocycles. The topological polar surface area (TPSA) is 55.0 Å². The summed E-state index contributed by atoms with van der Waals surface area (Å²) in [5, 5.41) is 7.18. The smallest absolute Gasteiger partial charge is 0.245 e. The highest BCUT2D eigenvalue weighted by atomic mass is 19.1. The highest BCUT2D eigenvalue weighted by Gasteiger charge is 2.10. The van der Waals surface area contributed by atoms with Crippen LogP contribution in [0, 0.1) is 11.6 Å². The summed E-state index contributed by atoms with van der Waals surface area (Å²) >= 11 is 0. The molecule has 0 saturated carbocycles. The maximum Gasteiger partial charge on any atom is 0.245 e. The predicted molar refractivity (Wildman–Crippen MR) is 67.9 cm³/mol. The van der Waals surface area contributed by atoms with Gasteiger partial charge in [0.05, 0.1) is 10.9 Å². The number of halogens is 2. The largest absolute Gasteiger partial charge is 0.437 e. The van der Waals surface area contributed by atoms with Crippen LogP contribution >= 0.6 is 0 Å². The van der Waals surface area contributed by atoms with E-state index >= 15 is 0 Å². The van der Waals surface area contributed by atoms with Gasteiger partial charge in [-0.05, 0) is 18.2 Å². The minimum absolute atomic E-state index is 0.00703. The van der Waals surface area contributed by atoms with Gasteiger partial charge in [0.25, 0.3) is 0 Å². The number of aromatic nitrogens is 2. The molecule has 1 heterocycles. The van der Waals surface area contributed by atoms with Gasteiger partial charge in [-0.25, -0.2) is 8.78 Å². The molecule has 6 heteroatoms. The minimum Gasteiger partial charge on any atom is -0.437 e. The van der Waals surface area contributed by atoms with Gasteiger partial charge < -0.3 is 4.74 Å². The summed E-state index contributed by atoms with van der Waals surface area (Å²) in [5.41, 5.74) is 1.11. The number of aromatic amines is 1. The fourth-order valence-electron chi connectivity index (χ4n) is 1.86. The number of hydrogen-bond acceptors (Lipinski definition) is 3. The summed E-state index contributed by atoms with van der Waals surface area (Å²) in [6.45, 7) is 0. The first kappa shape index (κ1) is 12.3. The van der Waals surface area contributed by atoms with Gasteiger partial charge in [0, 0.05) is 23.8 Å². The van der Waals surface area contributed by atoms with Crippen molar-refractivity contribution in [1.29, 1.82) is 0 Å². The molecule has 0 amide bonds. The number of aldehydes is 1. The van der Waals surface area contributed by atoms with E-state index in [0.29, 0.717) is 22.8 Å². The van der Waals surface area contributed by atoms with E-state index in [9.17, 15) is 13.6 Å².